The minimum absolute atomic E-state index is 0.0103. The third-order valence-electron chi connectivity index (χ3n) is 10.3. The van der Waals surface area contributed by atoms with E-state index >= 15 is 0 Å². The summed E-state index contributed by atoms with van der Waals surface area (Å²) in [6.45, 7) is 17.9. The van der Waals surface area contributed by atoms with Crippen molar-refractivity contribution in [3.05, 3.63) is 91.9 Å². The molecule has 9 heteroatoms. The third-order valence-corrected chi connectivity index (χ3v) is 10.3. The largest absolute Gasteiger partial charge is 0.496 e. The molecule has 50 heavy (non-hydrogen) atoms. The average Bonchev–Trinajstić information content (AvgIpc) is 3.32. The van der Waals surface area contributed by atoms with Crippen LogP contribution in [0.1, 0.15) is 73.5 Å². The minimum atomic E-state index is -0.250. The zero-order valence-corrected chi connectivity index (χ0v) is 31.4. The molecule has 3 aromatic rings. The zero-order valence-electron chi connectivity index (χ0n) is 31.4. The Kier molecular flexibility index (Phi) is 11.2. The number of amides is 1. The smallest absolute Gasteiger partial charge is 0.264 e. The Morgan fingerprint density at radius 2 is 1.60 bits per heavy atom. The molecule has 1 unspecified atom stereocenters. The number of pyridine rings is 1. The van der Waals surface area contributed by atoms with E-state index in [2.05, 4.69) is 53.1 Å². The summed E-state index contributed by atoms with van der Waals surface area (Å²) < 4.78 is 13.5. The van der Waals surface area contributed by atoms with Gasteiger partial charge in [0.2, 0.25) is 0 Å². The van der Waals surface area contributed by atoms with Gasteiger partial charge in [0.05, 0.1) is 25.8 Å². The maximum atomic E-state index is 13.4. The van der Waals surface area contributed by atoms with Crippen LogP contribution in [0.5, 0.6) is 11.5 Å². The predicted molar refractivity (Wildman–Crippen MR) is 198 cm³/mol. The van der Waals surface area contributed by atoms with Crippen molar-refractivity contribution in [2.45, 2.75) is 73.5 Å². The van der Waals surface area contributed by atoms with Crippen molar-refractivity contribution in [1.29, 1.82) is 5.26 Å². The Morgan fingerprint density at radius 3 is 2.20 bits per heavy atom. The second-order valence-corrected chi connectivity index (χ2v) is 15.0. The molecule has 0 aliphatic carbocycles. The summed E-state index contributed by atoms with van der Waals surface area (Å²) in [7, 11) is 5.18. The standard InChI is InChI=1S/C41H53N5O4/c1-27-28(2)39(47)43(7)25-35(27)32-20-37(49-8)36(38(21-32)50-9)26-45-15-10-14-44(17-18-45)24-30-11-12-31-13-16-46(29(3)34(31)19-30)40(48)33(23-42)22-41(4,5)6/h11-12,19-22,25,29H,10,13-18,24,26H2,1-9H3/b33-22+. The fourth-order valence-corrected chi connectivity index (χ4v) is 7.35. The Hall–Kier alpha value is -4.39. The third kappa shape index (κ3) is 7.98. The molecule has 2 aromatic carbocycles. The number of carbonyl (C=O) groups excluding carboxylic acids is 1. The van der Waals surface area contributed by atoms with Crippen LogP contribution in [0.2, 0.25) is 0 Å². The summed E-state index contributed by atoms with van der Waals surface area (Å²) in [6.07, 6.45) is 5.50. The Balaban J connectivity index is 1.28. The Morgan fingerprint density at radius 1 is 0.960 bits per heavy atom. The number of ether oxygens (including phenoxy) is 2. The second-order valence-electron chi connectivity index (χ2n) is 15.0. The molecule has 266 valence electrons. The number of rotatable bonds is 8. The van der Waals surface area contributed by atoms with Crippen LogP contribution in [-0.4, -0.2) is 72.1 Å². The van der Waals surface area contributed by atoms with Gasteiger partial charge in [0.1, 0.15) is 23.1 Å². The van der Waals surface area contributed by atoms with Crippen LogP contribution in [0, 0.1) is 30.6 Å². The molecular weight excluding hydrogens is 626 g/mol. The molecule has 0 bridgehead atoms. The molecule has 0 N–H and O–H groups in total. The van der Waals surface area contributed by atoms with Gasteiger partial charge in [-0.15, -0.1) is 0 Å². The number of hydrogen-bond donors (Lipinski definition) is 0. The monoisotopic (exact) mass is 679 g/mol. The number of allylic oxidation sites excluding steroid dienone is 1. The highest BCUT2D eigenvalue weighted by Crippen LogP contribution is 2.38. The van der Waals surface area contributed by atoms with Crippen molar-refractivity contribution < 1.29 is 14.3 Å². The van der Waals surface area contributed by atoms with E-state index in [1.165, 1.54) is 16.7 Å². The minimum Gasteiger partial charge on any atom is -0.496 e. The fourth-order valence-electron chi connectivity index (χ4n) is 7.35. The summed E-state index contributed by atoms with van der Waals surface area (Å²) in [5, 5.41) is 9.77. The first-order valence-electron chi connectivity index (χ1n) is 17.7. The van der Waals surface area contributed by atoms with Crippen molar-refractivity contribution in [3.8, 4) is 28.7 Å². The van der Waals surface area contributed by atoms with Crippen molar-refractivity contribution >= 4 is 5.91 Å². The number of nitriles is 1. The fraction of sp³-hybridized carbons (Fsp3) is 0.488. The number of benzene rings is 2. The van der Waals surface area contributed by atoms with Crippen LogP contribution in [0.4, 0.5) is 0 Å². The summed E-state index contributed by atoms with van der Waals surface area (Å²) in [6, 6.07) is 12.9. The molecule has 1 saturated heterocycles. The SMILES string of the molecule is COc1cc(-c2cn(C)c(=O)c(C)c2C)cc(OC)c1CN1CCCN(Cc2ccc3c(c2)C(C)N(C(=O)/C(C#N)=C/C(C)(C)C)CC3)CC1. The lowest BCUT2D eigenvalue weighted by Crippen LogP contribution is -2.39. The van der Waals surface area contributed by atoms with E-state index in [1.54, 1.807) is 31.9 Å². The number of aryl methyl sites for hydroxylation is 1. The highest BCUT2D eigenvalue weighted by atomic mass is 16.5. The predicted octanol–water partition coefficient (Wildman–Crippen LogP) is 6.34. The Bertz CT molecular complexity index is 1850. The van der Waals surface area contributed by atoms with Crippen molar-refractivity contribution in [1.82, 2.24) is 19.3 Å². The normalized spacial score (nSPS) is 17.6. The molecular formula is C41H53N5O4. The van der Waals surface area contributed by atoms with E-state index < -0.39 is 0 Å². The van der Waals surface area contributed by atoms with Gasteiger partial charge in [-0.05, 0) is 92.1 Å². The molecule has 1 fully saturated rings. The lowest BCUT2D eigenvalue weighted by Gasteiger charge is -2.36. The summed E-state index contributed by atoms with van der Waals surface area (Å²) in [5.41, 5.74) is 8.34. The van der Waals surface area contributed by atoms with Gasteiger partial charge in [-0.1, -0.05) is 45.0 Å². The van der Waals surface area contributed by atoms with Gasteiger partial charge in [0.15, 0.2) is 0 Å². The van der Waals surface area contributed by atoms with Gasteiger partial charge in [0, 0.05) is 57.1 Å². The van der Waals surface area contributed by atoms with Crippen LogP contribution in [0.15, 0.2) is 53.0 Å². The van der Waals surface area contributed by atoms with Gasteiger partial charge in [0.25, 0.3) is 11.5 Å². The zero-order chi connectivity index (χ0) is 36.3. The van der Waals surface area contributed by atoms with Crippen LogP contribution in [0.25, 0.3) is 11.1 Å². The number of methoxy groups -OCH3 is 2. The summed E-state index contributed by atoms with van der Waals surface area (Å²) in [4.78, 5) is 32.8. The van der Waals surface area contributed by atoms with E-state index in [1.807, 2.05) is 45.7 Å². The van der Waals surface area contributed by atoms with Gasteiger partial charge in [-0.3, -0.25) is 19.4 Å². The summed E-state index contributed by atoms with van der Waals surface area (Å²) in [5.74, 6) is 1.37. The topological polar surface area (TPSA) is 91.0 Å². The van der Waals surface area contributed by atoms with Crippen LogP contribution in [-0.2, 0) is 31.4 Å². The van der Waals surface area contributed by atoms with Crippen LogP contribution < -0.4 is 15.0 Å². The van der Waals surface area contributed by atoms with Crippen molar-refractivity contribution in [2.75, 3.05) is 46.9 Å². The van der Waals surface area contributed by atoms with Gasteiger partial charge < -0.3 is 18.9 Å². The molecule has 1 amide bonds. The van der Waals surface area contributed by atoms with Gasteiger partial charge in [-0.25, -0.2) is 0 Å². The molecule has 1 aromatic heterocycles. The Labute approximate surface area is 297 Å². The first-order chi connectivity index (χ1) is 23.7. The molecule has 2 aliphatic heterocycles. The molecule has 0 saturated carbocycles. The molecule has 1 atom stereocenters. The number of aromatic nitrogens is 1. The lowest BCUT2D eigenvalue weighted by atomic mass is 9.90. The molecule has 5 rings (SSSR count). The highest BCUT2D eigenvalue weighted by molar-refractivity contribution is 5.97. The molecule has 9 nitrogen and oxygen atoms in total. The highest BCUT2D eigenvalue weighted by Gasteiger charge is 2.31. The molecule has 3 heterocycles. The quantitative estimate of drug-likeness (QED) is 0.203. The number of fused-ring (bicyclic) bond motifs is 1. The van der Waals surface area contributed by atoms with Gasteiger partial charge >= 0.3 is 0 Å². The maximum absolute atomic E-state index is 13.4. The van der Waals surface area contributed by atoms with Crippen LogP contribution >= 0.6 is 0 Å². The molecule has 0 spiro atoms. The van der Waals surface area contributed by atoms with E-state index in [-0.39, 0.29) is 28.5 Å². The molecule has 2 aliphatic rings. The number of hydrogen-bond acceptors (Lipinski definition) is 7. The average molecular weight is 680 g/mol. The first-order valence-corrected chi connectivity index (χ1v) is 17.7. The van der Waals surface area contributed by atoms with Crippen molar-refractivity contribution in [3.63, 3.8) is 0 Å². The number of nitrogens with zero attached hydrogens (tertiary/aromatic N) is 5. The number of carbonyl (C=O) groups is 1. The molecule has 0 radical (unpaired) electrons. The van der Waals surface area contributed by atoms with E-state index in [9.17, 15) is 14.9 Å². The van der Waals surface area contributed by atoms with E-state index in [0.29, 0.717) is 13.1 Å². The first kappa shape index (κ1) is 36.9. The van der Waals surface area contributed by atoms with E-state index in [4.69, 9.17) is 9.47 Å². The maximum Gasteiger partial charge on any atom is 0.264 e. The van der Waals surface area contributed by atoms with E-state index in [0.717, 1.165) is 84.9 Å². The lowest BCUT2D eigenvalue weighted by molar-refractivity contribution is -0.129. The van der Waals surface area contributed by atoms with Crippen molar-refractivity contribution in [2.24, 2.45) is 12.5 Å². The summed E-state index contributed by atoms with van der Waals surface area (Å²) >= 11 is 0. The second kappa shape index (κ2) is 15.2. The van der Waals surface area contributed by atoms with Crippen LogP contribution in [0.3, 0.4) is 0 Å². The van der Waals surface area contributed by atoms with Gasteiger partial charge in [-0.2, -0.15) is 5.26 Å².